The molecular formula is C16H20N6O. The van der Waals surface area contributed by atoms with E-state index < -0.39 is 0 Å². The smallest absolute Gasteiger partial charge is 0.290 e. The third kappa shape index (κ3) is 3.18. The predicted molar refractivity (Wildman–Crippen MR) is 87.7 cm³/mol. The zero-order valence-corrected chi connectivity index (χ0v) is 12.9. The molecule has 0 radical (unpaired) electrons. The monoisotopic (exact) mass is 312 g/mol. The van der Waals surface area contributed by atoms with E-state index in [1.54, 1.807) is 12.4 Å². The van der Waals surface area contributed by atoms with Gasteiger partial charge in [0, 0.05) is 43.6 Å². The van der Waals surface area contributed by atoms with Gasteiger partial charge in [0.05, 0.1) is 0 Å². The summed E-state index contributed by atoms with van der Waals surface area (Å²) in [7, 11) is 0. The van der Waals surface area contributed by atoms with Gasteiger partial charge in [-0.1, -0.05) is 0 Å². The van der Waals surface area contributed by atoms with Gasteiger partial charge in [-0.2, -0.15) is 0 Å². The van der Waals surface area contributed by atoms with Crippen LogP contribution in [0.3, 0.4) is 0 Å². The fourth-order valence-electron chi connectivity index (χ4n) is 3.06. The molecule has 1 saturated heterocycles. The lowest BCUT2D eigenvalue weighted by Crippen LogP contribution is -2.44. The molecule has 4 rings (SSSR count). The summed E-state index contributed by atoms with van der Waals surface area (Å²) in [6.45, 7) is 1.61. The first-order valence-corrected chi connectivity index (χ1v) is 8.18. The molecule has 1 saturated carbocycles. The van der Waals surface area contributed by atoms with Crippen molar-refractivity contribution in [3.05, 3.63) is 40.8 Å². The molecule has 2 fully saturated rings. The Labute approximate surface area is 134 Å². The molecule has 7 heteroatoms. The van der Waals surface area contributed by atoms with Crippen LogP contribution in [0.15, 0.2) is 29.5 Å². The van der Waals surface area contributed by atoms with Crippen molar-refractivity contribution < 1.29 is 0 Å². The Morgan fingerprint density at radius 2 is 2.13 bits per heavy atom. The van der Waals surface area contributed by atoms with Crippen LogP contribution in [0.5, 0.6) is 0 Å². The summed E-state index contributed by atoms with van der Waals surface area (Å²) in [6, 6.07) is 2.17. The van der Waals surface area contributed by atoms with Crippen molar-refractivity contribution in [3.8, 4) is 0 Å². The number of hydrogen-bond donors (Lipinski definition) is 2. The third-order valence-electron chi connectivity index (χ3n) is 4.38. The van der Waals surface area contributed by atoms with Crippen LogP contribution < -0.4 is 15.8 Å². The van der Waals surface area contributed by atoms with Gasteiger partial charge < -0.3 is 15.2 Å². The van der Waals surface area contributed by atoms with Gasteiger partial charge in [0.15, 0.2) is 5.82 Å². The van der Waals surface area contributed by atoms with Crippen LogP contribution in [0.2, 0.25) is 0 Å². The van der Waals surface area contributed by atoms with E-state index in [0.717, 1.165) is 37.6 Å². The Kier molecular flexibility index (Phi) is 3.69. The summed E-state index contributed by atoms with van der Waals surface area (Å²) in [5.41, 5.74) is -0.133. The second-order valence-electron chi connectivity index (χ2n) is 6.25. The maximum absolute atomic E-state index is 11.9. The maximum Gasteiger partial charge on any atom is 0.290 e. The van der Waals surface area contributed by atoms with Gasteiger partial charge in [0.25, 0.3) is 5.56 Å². The summed E-state index contributed by atoms with van der Waals surface area (Å²) in [5, 5.41) is 3.49. The first-order chi connectivity index (χ1) is 11.3. The largest absolute Gasteiger partial charge is 0.365 e. The normalized spacial score (nSPS) is 21.2. The lowest BCUT2D eigenvalue weighted by atomic mass is 10.1. The van der Waals surface area contributed by atoms with E-state index in [1.807, 2.05) is 17.2 Å². The van der Waals surface area contributed by atoms with Crippen molar-refractivity contribution in [2.24, 2.45) is 0 Å². The summed E-state index contributed by atoms with van der Waals surface area (Å²) in [4.78, 5) is 29.8. The van der Waals surface area contributed by atoms with E-state index in [9.17, 15) is 4.79 Å². The molecule has 0 bridgehead atoms. The second kappa shape index (κ2) is 5.98. The average Bonchev–Trinajstić information content (AvgIpc) is 3.41. The molecule has 2 aliphatic rings. The highest BCUT2D eigenvalue weighted by molar-refractivity contribution is 5.40. The van der Waals surface area contributed by atoms with Gasteiger partial charge in [0.1, 0.15) is 11.6 Å². The van der Waals surface area contributed by atoms with Crippen LogP contribution >= 0.6 is 0 Å². The molecule has 1 aliphatic heterocycles. The van der Waals surface area contributed by atoms with Crippen molar-refractivity contribution in [1.82, 2.24) is 19.9 Å². The first-order valence-electron chi connectivity index (χ1n) is 8.18. The molecule has 7 nitrogen and oxygen atoms in total. The van der Waals surface area contributed by atoms with Crippen LogP contribution in [-0.2, 0) is 0 Å². The van der Waals surface area contributed by atoms with E-state index in [1.165, 1.54) is 12.8 Å². The molecule has 0 spiro atoms. The Bertz CT molecular complexity index is 741. The molecule has 1 atom stereocenters. The molecule has 0 aromatic carbocycles. The SMILES string of the molecule is O=c1[nH]ccnc1N1CCC[C@H](Nc2ccnc(C3CC3)n2)C1. The van der Waals surface area contributed by atoms with Crippen molar-refractivity contribution in [3.63, 3.8) is 0 Å². The zero-order valence-electron chi connectivity index (χ0n) is 12.9. The number of H-pyrrole nitrogens is 1. The fraction of sp³-hybridized carbons (Fsp3) is 0.500. The minimum absolute atomic E-state index is 0.133. The van der Waals surface area contributed by atoms with E-state index in [-0.39, 0.29) is 11.6 Å². The molecule has 0 amide bonds. The lowest BCUT2D eigenvalue weighted by molar-refractivity contribution is 0.523. The lowest BCUT2D eigenvalue weighted by Gasteiger charge is -2.33. The summed E-state index contributed by atoms with van der Waals surface area (Å²) < 4.78 is 0. The minimum atomic E-state index is -0.133. The number of aromatic amines is 1. The highest BCUT2D eigenvalue weighted by atomic mass is 16.1. The number of nitrogens with zero attached hydrogens (tertiary/aromatic N) is 4. The van der Waals surface area contributed by atoms with Gasteiger partial charge in [-0.25, -0.2) is 15.0 Å². The summed E-state index contributed by atoms with van der Waals surface area (Å²) >= 11 is 0. The molecule has 2 N–H and O–H groups in total. The average molecular weight is 312 g/mol. The quantitative estimate of drug-likeness (QED) is 0.890. The van der Waals surface area contributed by atoms with Crippen molar-refractivity contribution in [2.45, 2.75) is 37.6 Å². The van der Waals surface area contributed by atoms with Crippen LogP contribution in [0.1, 0.15) is 37.4 Å². The number of rotatable bonds is 4. The Balaban J connectivity index is 1.46. The molecule has 3 heterocycles. The number of piperidine rings is 1. The van der Waals surface area contributed by atoms with Gasteiger partial charge in [-0.15, -0.1) is 0 Å². The maximum atomic E-state index is 11.9. The van der Waals surface area contributed by atoms with Gasteiger partial charge >= 0.3 is 0 Å². The Morgan fingerprint density at radius 3 is 2.96 bits per heavy atom. The van der Waals surface area contributed by atoms with Crippen LogP contribution in [0, 0.1) is 0 Å². The summed E-state index contributed by atoms with van der Waals surface area (Å²) in [5.74, 6) is 2.87. The van der Waals surface area contributed by atoms with Gasteiger partial charge in [0.2, 0.25) is 0 Å². The Morgan fingerprint density at radius 1 is 1.22 bits per heavy atom. The summed E-state index contributed by atoms with van der Waals surface area (Å²) in [6.07, 6.45) is 9.49. The molecule has 0 unspecified atom stereocenters. The molecular weight excluding hydrogens is 292 g/mol. The van der Waals surface area contributed by atoms with E-state index >= 15 is 0 Å². The van der Waals surface area contributed by atoms with Crippen LogP contribution in [0.4, 0.5) is 11.6 Å². The number of anilines is 2. The zero-order chi connectivity index (χ0) is 15.6. The van der Waals surface area contributed by atoms with E-state index in [0.29, 0.717) is 11.7 Å². The molecule has 2 aromatic heterocycles. The molecule has 23 heavy (non-hydrogen) atoms. The van der Waals surface area contributed by atoms with Crippen molar-refractivity contribution in [2.75, 3.05) is 23.3 Å². The van der Waals surface area contributed by atoms with Crippen molar-refractivity contribution >= 4 is 11.6 Å². The fourth-order valence-corrected chi connectivity index (χ4v) is 3.06. The van der Waals surface area contributed by atoms with Gasteiger partial charge in [-0.05, 0) is 31.7 Å². The third-order valence-corrected chi connectivity index (χ3v) is 4.38. The molecule has 120 valence electrons. The highest BCUT2D eigenvalue weighted by Gasteiger charge is 2.27. The topological polar surface area (TPSA) is 86.8 Å². The predicted octanol–water partition coefficient (Wildman–Crippen LogP) is 1.52. The first kappa shape index (κ1) is 14.2. The van der Waals surface area contributed by atoms with Crippen molar-refractivity contribution in [1.29, 1.82) is 0 Å². The van der Waals surface area contributed by atoms with Crippen LogP contribution in [0.25, 0.3) is 0 Å². The number of aromatic nitrogens is 4. The Hall–Kier alpha value is -2.44. The highest BCUT2D eigenvalue weighted by Crippen LogP contribution is 2.38. The second-order valence-corrected chi connectivity index (χ2v) is 6.25. The van der Waals surface area contributed by atoms with Crippen LogP contribution in [-0.4, -0.2) is 39.1 Å². The van der Waals surface area contributed by atoms with E-state index in [2.05, 4.69) is 25.3 Å². The number of nitrogens with one attached hydrogen (secondary N) is 2. The minimum Gasteiger partial charge on any atom is -0.365 e. The van der Waals surface area contributed by atoms with E-state index in [4.69, 9.17) is 0 Å². The number of hydrogen-bond acceptors (Lipinski definition) is 6. The molecule has 2 aromatic rings. The standard InChI is InChI=1S/C16H20N6O/c23-16-15(18-7-8-19-16)22-9-1-2-12(10-22)20-13-5-6-17-14(21-13)11-3-4-11/h5-8,11-12H,1-4,9-10H2,(H,19,23)(H,17,20,21)/t12-/m0/s1. The molecule has 1 aliphatic carbocycles. The van der Waals surface area contributed by atoms with Gasteiger partial charge in [-0.3, -0.25) is 4.79 Å².